The molecule has 2 aromatic heterocycles. The van der Waals surface area contributed by atoms with Crippen molar-refractivity contribution in [1.82, 2.24) is 9.97 Å². The number of aromatic nitrogens is 2. The van der Waals surface area contributed by atoms with Gasteiger partial charge in [0.2, 0.25) is 5.91 Å². The number of amides is 1. The highest BCUT2D eigenvalue weighted by Crippen LogP contribution is 2.24. The van der Waals surface area contributed by atoms with Crippen molar-refractivity contribution in [3.05, 3.63) is 29.3 Å². The number of halogens is 1. The van der Waals surface area contributed by atoms with Crippen molar-refractivity contribution in [3.8, 4) is 0 Å². The molecule has 1 amide bonds. The monoisotopic (exact) mass is 375 g/mol. The normalized spacial score (nSPS) is 11.1. The van der Waals surface area contributed by atoms with Crippen LogP contribution in [0.2, 0.25) is 0 Å². The molecular formula is C11H10FN5O5S2. The van der Waals surface area contributed by atoms with Gasteiger partial charge in [-0.25, -0.2) is 27.6 Å². The number of nitrogens with zero attached hydrogens (tertiary/aromatic N) is 2. The zero-order valence-corrected chi connectivity index (χ0v) is 13.3. The van der Waals surface area contributed by atoms with Gasteiger partial charge in [0.1, 0.15) is 9.90 Å². The van der Waals surface area contributed by atoms with Gasteiger partial charge >= 0.3 is 5.97 Å². The molecule has 5 N–H and O–H groups in total. The van der Waals surface area contributed by atoms with Crippen LogP contribution in [0.1, 0.15) is 10.5 Å². The highest BCUT2D eigenvalue weighted by molar-refractivity contribution is 7.93. The van der Waals surface area contributed by atoms with E-state index >= 15 is 0 Å². The fourth-order valence-electron chi connectivity index (χ4n) is 1.49. The number of carbonyl (C=O) groups is 2. The number of anilines is 2. The van der Waals surface area contributed by atoms with Gasteiger partial charge in [0.15, 0.2) is 17.3 Å². The van der Waals surface area contributed by atoms with E-state index < -0.39 is 50.7 Å². The van der Waals surface area contributed by atoms with Crippen LogP contribution in [0.3, 0.4) is 0 Å². The van der Waals surface area contributed by atoms with Crippen molar-refractivity contribution in [2.75, 3.05) is 16.6 Å². The Kier molecular flexibility index (Phi) is 5.06. The number of carbonyl (C=O) groups excluding carboxylic acids is 1. The van der Waals surface area contributed by atoms with Crippen molar-refractivity contribution in [1.29, 1.82) is 0 Å². The van der Waals surface area contributed by atoms with Gasteiger partial charge in [0, 0.05) is 0 Å². The molecule has 0 aliphatic carbocycles. The number of sulfonamides is 1. The zero-order valence-electron chi connectivity index (χ0n) is 11.7. The Balaban J connectivity index is 2.29. The van der Waals surface area contributed by atoms with Crippen LogP contribution in [0.5, 0.6) is 0 Å². The number of hydrogen-bond donors (Lipinski definition) is 4. The maximum absolute atomic E-state index is 13.8. The Morgan fingerprint density at radius 1 is 1.38 bits per heavy atom. The highest BCUT2D eigenvalue weighted by Gasteiger charge is 2.22. The van der Waals surface area contributed by atoms with Crippen molar-refractivity contribution in [2.45, 2.75) is 4.90 Å². The van der Waals surface area contributed by atoms with Crippen molar-refractivity contribution in [2.24, 2.45) is 5.73 Å². The number of thiazole rings is 1. The Morgan fingerprint density at radius 2 is 2.08 bits per heavy atom. The first-order valence-electron chi connectivity index (χ1n) is 6.09. The predicted octanol–water partition coefficient (Wildman–Crippen LogP) is 0.0734. The van der Waals surface area contributed by atoms with Crippen LogP contribution in [-0.2, 0) is 14.8 Å². The van der Waals surface area contributed by atoms with E-state index in [1.165, 1.54) is 0 Å². The second-order valence-corrected chi connectivity index (χ2v) is 6.73. The molecule has 0 spiro atoms. The number of aromatic carboxylic acids is 1. The van der Waals surface area contributed by atoms with E-state index in [4.69, 9.17) is 10.8 Å². The molecule has 0 atom stereocenters. The molecular weight excluding hydrogens is 365 g/mol. The summed E-state index contributed by atoms with van der Waals surface area (Å²) in [6.45, 7) is -0.397. The largest absolute Gasteiger partial charge is 0.476 e. The molecule has 2 heterocycles. The van der Waals surface area contributed by atoms with E-state index in [2.05, 4.69) is 15.3 Å². The maximum atomic E-state index is 13.8. The average Bonchev–Trinajstić information content (AvgIpc) is 2.96. The lowest BCUT2D eigenvalue weighted by atomic mass is 10.4. The number of nitrogens with one attached hydrogen (secondary N) is 2. The average molecular weight is 375 g/mol. The standard InChI is InChI=1S/C11H10FN5O5S2/c12-6-1-5(3-14-9(6)16-7(18)2-13)24(21,22)17-10-8(11(19)20)15-4-23-10/h1,3-4,17H,2,13H2,(H,19,20)(H,14,16,18). The van der Waals surface area contributed by atoms with Gasteiger partial charge in [0.25, 0.3) is 10.0 Å². The molecule has 2 aromatic rings. The summed E-state index contributed by atoms with van der Waals surface area (Å²) in [5, 5.41) is 10.7. The fraction of sp³-hybridized carbons (Fsp3) is 0.0909. The van der Waals surface area contributed by atoms with E-state index in [0.29, 0.717) is 6.07 Å². The van der Waals surface area contributed by atoms with Gasteiger partial charge in [-0.15, -0.1) is 11.3 Å². The zero-order chi connectivity index (χ0) is 17.9. The molecule has 0 unspecified atom stereocenters. The molecule has 0 saturated heterocycles. The molecule has 10 nitrogen and oxygen atoms in total. The first kappa shape index (κ1) is 17.7. The topological polar surface area (TPSA) is 164 Å². The Hall–Kier alpha value is -2.64. The minimum absolute atomic E-state index is 0.233. The van der Waals surface area contributed by atoms with E-state index in [1.807, 2.05) is 4.72 Å². The van der Waals surface area contributed by atoms with E-state index in [9.17, 15) is 22.4 Å². The number of carboxylic acids is 1. The quantitative estimate of drug-likeness (QED) is 0.551. The summed E-state index contributed by atoms with van der Waals surface area (Å²) < 4.78 is 40.2. The van der Waals surface area contributed by atoms with Crippen LogP contribution in [-0.4, -0.2) is 41.9 Å². The van der Waals surface area contributed by atoms with E-state index in [0.717, 1.165) is 23.0 Å². The van der Waals surface area contributed by atoms with Crippen LogP contribution < -0.4 is 15.8 Å². The summed E-state index contributed by atoms with van der Waals surface area (Å²) in [7, 11) is -4.30. The molecule has 128 valence electrons. The highest BCUT2D eigenvalue weighted by atomic mass is 32.2. The third-order valence-corrected chi connectivity index (χ3v) is 4.75. The minimum Gasteiger partial charge on any atom is -0.476 e. The molecule has 0 radical (unpaired) electrons. The lowest BCUT2D eigenvalue weighted by Gasteiger charge is -2.08. The molecule has 0 aromatic carbocycles. The van der Waals surface area contributed by atoms with Crippen LogP contribution in [0, 0.1) is 5.82 Å². The number of carboxylic acid groups (broad SMARTS) is 1. The third kappa shape index (κ3) is 3.81. The summed E-state index contributed by atoms with van der Waals surface area (Å²) in [6.07, 6.45) is 0.805. The maximum Gasteiger partial charge on any atom is 0.357 e. The molecule has 24 heavy (non-hydrogen) atoms. The number of nitrogens with two attached hydrogens (primary N) is 1. The van der Waals surface area contributed by atoms with Crippen molar-refractivity contribution < 1.29 is 27.5 Å². The van der Waals surface area contributed by atoms with Gasteiger partial charge in [-0.1, -0.05) is 0 Å². The second kappa shape index (κ2) is 6.86. The van der Waals surface area contributed by atoms with Crippen LogP contribution in [0.4, 0.5) is 15.2 Å². The Labute approximate surface area is 138 Å². The summed E-state index contributed by atoms with van der Waals surface area (Å²) >= 11 is 0.751. The molecule has 13 heteroatoms. The molecule has 0 aliphatic heterocycles. The lowest BCUT2D eigenvalue weighted by Crippen LogP contribution is -2.23. The van der Waals surface area contributed by atoms with E-state index in [-0.39, 0.29) is 5.00 Å². The molecule has 0 fully saturated rings. The van der Waals surface area contributed by atoms with Gasteiger partial charge in [-0.3, -0.25) is 9.52 Å². The Bertz CT molecular complexity index is 898. The van der Waals surface area contributed by atoms with Crippen LogP contribution in [0.25, 0.3) is 0 Å². The first-order valence-corrected chi connectivity index (χ1v) is 8.46. The first-order chi connectivity index (χ1) is 11.2. The molecule has 0 saturated carbocycles. The number of rotatable bonds is 6. The van der Waals surface area contributed by atoms with Crippen molar-refractivity contribution in [3.63, 3.8) is 0 Å². The van der Waals surface area contributed by atoms with Crippen LogP contribution >= 0.6 is 11.3 Å². The van der Waals surface area contributed by atoms with Crippen LogP contribution in [0.15, 0.2) is 22.7 Å². The van der Waals surface area contributed by atoms with Gasteiger partial charge in [0.05, 0.1) is 18.3 Å². The second-order valence-electron chi connectivity index (χ2n) is 4.19. The summed E-state index contributed by atoms with van der Waals surface area (Å²) in [6, 6.07) is 0.628. The smallest absolute Gasteiger partial charge is 0.357 e. The fourth-order valence-corrected chi connectivity index (χ4v) is 3.44. The SMILES string of the molecule is NCC(=O)Nc1ncc(S(=O)(=O)Nc2scnc2C(=O)O)cc1F. The van der Waals surface area contributed by atoms with E-state index in [1.54, 1.807) is 0 Å². The molecule has 0 aliphatic rings. The van der Waals surface area contributed by atoms with Gasteiger partial charge in [-0.05, 0) is 6.07 Å². The predicted molar refractivity (Wildman–Crippen MR) is 81.8 cm³/mol. The lowest BCUT2D eigenvalue weighted by molar-refractivity contribution is -0.115. The minimum atomic E-state index is -4.30. The summed E-state index contributed by atoms with van der Waals surface area (Å²) in [5.41, 5.74) is 5.72. The summed E-state index contributed by atoms with van der Waals surface area (Å²) in [4.78, 5) is 28.5. The van der Waals surface area contributed by atoms with Gasteiger partial charge < -0.3 is 16.2 Å². The summed E-state index contributed by atoms with van der Waals surface area (Å²) in [5.74, 6) is -3.69. The number of hydrogen-bond acceptors (Lipinski definition) is 8. The Morgan fingerprint density at radius 3 is 2.67 bits per heavy atom. The molecule has 2 rings (SSSR count). The number of pyridine rings is 1. The van der Waals surface area contributed by atoms with Crippen molar-refractivity contribution >= 4 is 44.1 Å². The third-order valence-electron chi connectivity index (χ3n) is 2.57. The van der Waals surface area contributed by atoms with Gasteiger partial charge in [-0.2, -0.15) is 0 Å². The molecule has 0 bridgehead atoms.